The minimum absolute atomic E-state index is 0.259. The van der Waals surface area contributed by atoms with Crippen LogP contribution in [0.1, 0.15) is 16.7 Å². The summed E-state index contributed by atoms with van der Waals surface area (Å²) in [6.07, 6.45) is -3.12. The summed E-state index contributed by atoms with van der Waals surface area (Å²) in [7, 11) is -1.06. The van der Waals surface area contributed by atoms with Crippen LogP contribution in [0.3, 0.4) is 0 Å². The first-order valence-corrected chi connectivity index (χ1v) is 12.4. The van der Waals surface area contributed by atoms with Gasteiger partial charge in [0, 0.05) is 36.7 Å². The van der Waals surface area contributed by atoms with Gasteiger partial charge in [-0.15, -0.1) is 13.2 Å². The van der Waals surface area contributed by atoms with Crippen molar-refractivity contribution in [3.05, 3.63) is 82.6 Å². The van der Waals surface area contributed by atoms with E-state index in [0.717, 1.165) is 21.7 Å². The fraction of sp³-hybridized carbons (Fsp3) is 0.208. The summed E-state index contributed by atoms with van der Waals surface area (Å²) in [5.41, 5.74) is 2.55. The zero-order valence-corrected chi connectivity index (χ0v) is 20.7. The van der Waals surface area contributed by atoms with Crippen LogP contribution in [0.2, 0.25) is 5.15 Å². The van der Waals surface area contributed by atoms with Gasteiger partial charge < -0.3 is 14.8 Å². The summed E-state index contributed by atoms with van der Waals surface area (Å²) in [5.74, 6) is -0.259. The molecule has 4 aromatic rings. The Morgan fingerprint density at radius 1 is 1.08 bits per heavy atom. The molecular weight excluding hydrogens is 519 g/mol. The van der Waals surface area contributed by atoms with Gasteiger partial charge in [0.15, 0.2) is 0 Å². The van der Waals surface area contributed by atoms with E-state index >= 15 is 0 Å². The van der Waals surface area contributed by atoms with Crippen LogP contribution in [-0.2, 0) is 23.0 Å². The lowest BCUT2D eigenvalue weighted by molar-refractivity contribution is -0.274. The second-order valence-electron chi connectivity index (χ2n) is 7.84. The average molecular weight is 540 g/mol. The number of halogens is 4. The van der Waals surface area contributed by atoms with Gasteiger partial charge in [-0.25, -0.2) is 17.4 Å². The van der Waals surface area contributed by atoms with E-state index in [1.807, 2.05) is 6.07 Å². The number of alkyl halides is 3. The standard InChI is InChI=1S/C24H21ClF3N3O4S/c1-29-13-17-14-31(36(32,33)19-5-3-4-18(12-19)35-24(26,27)28)21-11-15(6-8-20(17)21)10-16-7-9-22(34-2)30-23(16)25/h3-9,11-12,14,29H,10,13H2,1-2H3. The normalized spacial score (nSPS) is 12.2. The third kappa shape index (κ3) is 5.43. The lowest BCUT2D eigenvalue weighted by Crippen LogP contribution is -2.18. The molecule has 0 radical (unpaired) electrons. The number of aromatic nitrogens is 2. The highest BCUT2D eigenvalue weighted by Crippen LogP contribution is 2.31. The Morgan fingerprint density at radius 3 is 2.53 bits per heavy atom. The van der Waals surface area contributed by atoms with E-state index in [1.54, 1.807) is 31.3 Å². The van der Waals surface area contributed by atoms with Crippen molar-refractivity contribution in [2.24, 2.45) is 0 Å². The lowest BCUT2D eigenvalue weighted by Gasteiger charge is -2.12. The van der Waals surface area contributed by atoms with Gasteiger partial charge in [-0.05, 0) is 41.9 Å². The van der Waals surface area contributed by atoms with E-state index in [1.165, 1.54) is 25.4 Å². The topological polar surface area (TPSA) is 82.5 Å². The summed E-state index contributed by atoms with van der Waals surface area (Å²) in [5, 5.41) is 3.94. The first-order valence-electron chi connectivity index (χ1n) is 10.6. The molecule has 0 amide bonds. The van der Waals surface area contributed by atoms with Gasteiger partial charge in [0.1, 0.15) is 10.9 Å². The number of nitrogens with zero attached hydrogens (tertiary/aromatic N) is 2. The summed E-state index contributed by atoms with van der Waals surface area (Å²) in [6.45, 7) is 0.379. The second-order valence-corrected chi connectivity index (χ2v) is 10.0. The number of hydrogen-bond donors (Lipinski definition) is 1. The highest BCUT2D eigenvalue weighted by Gasteiger charge is 2.32. The molecule has 4 rings (SSSR count). The number of fused-ring (bicyclic) bond motifs is 1. The lowest BCUT2D eigenvalue weighted by atomic mass is 10.0. The zero-order chi connectivity index (χ0) is 26.1. The van der Waals surface area contributed by atoms with Gasteiger partial charge in [-0.3, -0.25) is 0 Å². The molecule has 0 saturated carbocycles. The summed E-state index contributed by atoms with van der Waals surface area (Å²) in [6, 6.07) is 13.1. The molecule has 7 nitrogen and oxygen atoms in total. The Labute approximate surface area is 210 Å². The number of benzene rings is 2. The molecule has 2 aromatic heterocycles. The van der Waals surface area contributed by atoms with Crippen molar-refractivity contribution in [1.82, 2.24) is 14.3 Å². The molecule has 0 unspecified atom stereocenters. The molecule has 0 aliphatic carbocycles. The van der Waals surface area contributed by atoms with Gasteiger partial charge >= 0.3 is 6.36 Å². The largest absolute Gasteiger partial charge is 0.573 e. The van der Waals surface area contributed by atoms with Gasteiger partial charge in [-0.1, -0.05) is 35.9 Å². The fourth-order valence-corrected chi connectivity index (χ4v) is 5.44. The maximum Gasteiger partial charge on any atom is 0.573 e. The van der Waals surface area contributed by atoms with E-state index in [2.05, 4.69) is 15.0 Å². The minimum atomic E-state index is -4.95. The molecule has 0 spiro atoms. The quantitative estimate of drug-likeness (QED) is 0.312. The fourth-order valence-electron chi connectivity index (χ4n) is 3.81. The number of ether oxygens (including phenoxy) is 2. The highest BCUT2D eigenvalue weighted by atomic mass is 35.5. The molecule has 2 heterocycles. The molecule has 0 fully saturated rings. The molecule has 0 saturated heterocycles. The van der Waals surface area contributed by atoms with Crippen LogP contribution >= 0.6 is 11.6 Å². The van der Waals surface area contributed by atoms with E-state index < -0.39 is 22.1 Å². The first kappa shape index (κ1) is 25.8. The van der Waals surface area contributed by atoms with E-state index in [0.29, 0.717) is 40.9 Å². The van der Waals surface area contributed by atoms with Gasteiger partial charge in [0.05, 0.1) is 17.5 Å². The van der Waals surface area contributed by atoms with Crippen LogP contribution in [-0.4, -0.2) is 37.9 Å². The second kappa shape index (κ2) is 10.00. The average Bonchev–Trinajstić information content (AvgIpc) is 3.18. The van der Waals surface area contributed by atoms with Gasteiger partial charge in [-0.2, -0.15) is 0 Å². The van der Waals surface area contributed by atoms with Gasteiger partial charge in [0.25, 0.3) is 10.0 Å². The molecule has 0 bridgehead atoms. The van der Waals surface area contributed by atoms with Crippen molar-refractivity contribution in [2.75, 3.05) is 14.2 Å². The molecule has 0 aliphatic heterocycles. The Hall–Kier alpha value is -3.28. The molecule has 190 valence electrons. The minimum Gasteiger partial charge on any atom is -0.481 e. The monoisotopic (exact) mass is 539 g/mol. The number of rotatable bonds is 8. The summed E-state index contributed by atoms with van der Waals surface area (Å²) < 4.78 is 75.2. The Bertz CT molecular complexity index is 1520. The maximum atomic E-state index is 13.5. The van der Waals surface area contributed by atoms with Crippen LogP contribution in [0.15, 0.2) is 65.7 Å². The number of pyridine rings is 1. The van der Waals surface area contributed by atoms with E-state index in [9.17, 15) is 21.6 Å². The van der Waals surface area contributed by atoms with Crippen molar-refractivity contribution in [3.8, 4) is 11.6 Å². The van der Waals surface area contributed by atoms with Crippen LogP contribution < -0.4 is 14.8 Å². The smallest absolute Gasteiger partial charge is 0.481 e. The Balaban J connectivity index is 1.79. The zero-order valence-electron chi connectivity index (χ0n) is 19.1. The summed E-state index contributed by atoms with van der Waals surface area (Å²) in [4.78, 5) is 3.81. The predicted octanol–water partition coefficient (Wildman–Crippen LogP) is 5.14. The molecule has 0 aliphatic rings. The van der Waals surface area contributed by atoms with Crippen molar-refractivity contribution >= 4 is 32.5 Å². The van der Waals surface area contributed by atoms with Crippen molar-refractivity contribution < 1.29 is 31.1 Å². The van der Waals surface area contributed by atoms with Gasteiger partial charge in [0.2, 0.25) is 5.88 Å². The molecule has 36 heavy (non-hydrogen) atoms. The van der Waals surface area contributed by atoms with Crippen molar-refractivity contribution in [3.63, 3.8) is 0 Å². The first-order chi connectivity index (χ1) is 17.0. The molecule has 12 heteroatoms. The third-order valence-corrected chi connectivity index (χ3v) is 7.38. The predicted molar refractivity (Wildman–Crippen MR) is 129 cm³/mol. The number of methoxy groups -OCH3 is 1. The van der Waals surface area contributed by atoms with Crippen molar-refractivity contribution in [1.29, 1.82) is 0 Å². The number of nitrogens with one attached hydrogen (secondary N) is 1. The number of hydrogen-bond acceptors (Lipinski definition) is 6. The Kier molecular flexibility index (Phi) is 7.17. The van der Waals surface area contributed by atoms with Crippen molar-refractivity contribution in [2.45, 2.75) is 24.2 Å². The summed E-state index contributed by atoms with van der Waals surface area (Å²) >= 11 is 6.27. The van der Waals surface area contributed by atoms with Crippen LogP contribution in [0.4, 0.5) is 13.2 Å². The highest BCUT2D eigenvalue weighted by molar-refractivity contribution is 7.90. The third-order valence-electron chi connectivity index (χ3n) is 5.39. The molecular formula is C24H21ClF3N3O4S. The Morgan fingerprint density at radius 2 is 1.86 bits per heavy atom. The molecule has 2 aromatic carbocycles. The van der Waals surface area contributed by atoms with E-state index in [4.69, 9.17) is 16.3 Å². The SMILES string of the molecule is CNCc1cn(S(=O)(=O)c2cccc(OC(F)(F)F)c2)c2cc(Cc3ccc(OC)nc3Cl)ccc12. The van der Waals surface area contributed by atoms with Crippen LogP contribution in [0.25, 0.3) is 10.9 Å². The van der Waals surface area contributed by atoms with Crippen LogP contribution in [0.5, 0.6) is 11.6 Å². The van der Waals surface area contributed by atoms with E-state index in [-0.39, 0.29) is 10.0 Å². The van der Waals surface area contributed by atoms with Crippen LogP contribution in [0, 0.1) is 0 Å². The molecule has 1 N–H and O–H groups in total. The maximum absolute atomic E-state index is 13.5. The molecule has 0 atom stereocenters.